The second-order valence-electron chi connectivity index (χ2n) is 7.68. The number of nitrogens with one attached hydrogen (secondary N) is 2. The van der Waals surface area contributed by atoms with E-state index >= 15 is 0 Å². The molecule has 29 heavy (non-hydrogen) atoms. The van der Waals surface area contributed by atoms with Gasteiger partial charge in [-0.15, -0.1) is 0 Å². The summed E-state index contributed by atoms with van der Waals surface area (Å²) in [5.41, 5.74) is 5.45. The predicted octanol–water partition coefficient (Wildman–Crippen LogP) is 2.80. The molecule has 1 amide bonds. The van der Waals surface area contributed by atoms with Crippen molar-refractivity contribution in [2.45, 2.75) is 39.2 Å². The van der Waals surface area contributed by atoms with Gasteiger partial charge in [-0.05, 0) is 56.0 Å². The zero-order chi connectivity index (χ0) is 20.6. The number of fused-ring (bicyclic) bond motifs is 1. The smallest absolute Gasteiger partial charge is 0.253 e. The van der Waals surface area contributed by atoms with Gasteiger partial charge in [-0.25, -0.2) is 8.42 Å². The lowest BCUT2D eigenvalue weighted by Crippen LogP contribution is -2.24. The average Bonchev–Trinajstić information content (AvgIpc) is 3.03. The van der Waals surface area contributed by atoms with Crippen molar-refractivity contribution in [1.29, 1.82) is 0 Å². The van der Waals surface area contributed by atoms with E-state index in [4.69, 9.17) is 0 Å². The number of nitrogens with zero attached hydrogens (tertiary/aromatic N) is 2. The molecule has 4 rings (SSSR count). The van der Waals surface area contributed by atoms with Crippen LogP contribution >= 0.6 is 0 Å². The maximum Gasteiger partial charge on any atom is 0.253 e. The largest absolute Gasteiger partial charge is 0.358 e. The standard InChI is InChI=1S/C21H24N4O3S/c1-13-18-11-15(12-22-21(26)17-5-8-23-25-14(17)2)3-4-19(18)24-20(13)16-6-9-29(27,28)10-7-16/h3-5,8,11,16,24H,6-7,9-10,12H2,1-2H3,(H,22,26). The van der Waals surface area contributed by atoms with Crippen LogP contribution in [0.25, 0.3) is 10.9 Å². The molecular weight excluding hydrogens is 388 g/mol. The summed E-state index contributed by atoms with van der Waals surface area (Å²) in [6.45, 7) is 4.25. The van der Waals surface area contributed by atoms with Gasteiger partial charge in [-0.3, -0.25) is 4.79 Å². The topological polar surface area (TPSA) is 105 Å². The maximum atomic E-state index is 12.4. The van der Waals surface area contributed by atoms with E-state index < -0.39 is 9.84 Å². The molecule has 3 heterocycles. The molecule has 2 N–H and O–H groups in total. The fraction of sp³-hybridized carbons (Fsp3) is 0.381. The summed E-state index contributed by atoms with van der Waals surface area (Å²) in [5.74, 6) is 0.587. The number of aromatic nitrogens is 3. The molecule has 152 valence electrons. The third kappa shape index (κ3) is 4.03. The number of rotatable bonds is 4. The van der Waals surface area contributed by atoms with Gasteiger partial charge < -0.3 is 10.3 Å². The van der Waals surface area contributed by atoms with Gasteiger partial charge in [0.2, 0.25) is 0 Å². The van der Waals surface area contributed by atoms with E-state index in [1.165, 1.54) is 6.20 Å². The Morgan fingerprint density at radius 3 is 2.69 bits per heavy atom. The van der Waals surface area contributed by atoms with E-state index in [1.54, 1.807) is 13.0 Å². The molecule has 1 saturated heterocycles. The zero-order valence-electron chi connectivity index (χ0n) is 16.5. The van der Waals surface area contributed by atoms with Crippen molar-refractivity contribution in [1.82, 2.24) is 20.5 Å². The van der Waals surface area contributed by atoms with Gasteiger partial charge in [-0.2, -0.15) is 10.2 Å². The van der Waals surface area contributed by atoms with Crippen molar-refractivity contribution in [3.63, 3.8) is 0 Å². The second kappa shape index (κ2) is 7.59. The van der Waals surface area contributed by atoms with Gasteiger partial charge in [0.15, 0.2) is 0 Å². The lowest BCUT2D eigenvalue weighted by molar-refractivity contribution is 0.0949. The van der Waals surface area contributed by atoms with Crippen LogP contribution in [-0.4, -0.2) is 41.0 Å². The van der Waals surface area contributed by atoms with Crippen LogP contribution in [0.15, 0.2) is 30.5 Å². The van der Waals surface area contributed by atoms with E-state index in [2.05, 4.69) is 33.5 Å². The molecule has 0 bridgehead atoms. The van der Waals surface area contributed by atoms with Crippen LogP contribution < -0.4 is 5.32 Å². The fourth-order valence-corrected chi connectivity index (χ4v) is 5.50. The van der Waals surface area contributed by atoms with Crippen LogP contribution in [-0.2, 0) is 16.4 Å². The molecule has 8 heteroatoms. The van der Waals surface area contributed by atoms with Gasteiger partial charge >= 0.3 is 0 Å². The number of sulfone groups is 1. The molecule has 7 nitrogen and oxygen atoms in total. The summed E-state index contributed by atoms with van der Waals surface area (Å²) in [4.78, 5) is 15.9. The number of aryl methyl sites for hydroxylation is 2. The number of hydrogen-bond donors (Lipinski definition) is 2. The summed E-state index contributed by atoms with van der Waals surface area (Å²) in [5, 5.41) is 11.7. The number of hydrogen-bond acceptors (Lipinski definition) is 5. The Bertz CT molecular complexity index is 1170. The quantitative estimate of drug-likeness (QED) is 0.686. The highest BCUT2D eigenvalue weighted by atomic mass is 32.2. The van der Waals surface area contributed by atoms with Crippen molar-refractivity contribution in [3.05, 3.63) is 58.5 Å². The van der Waals surface area contributed by atoms with Crippen LogP contribution in [0.1, 0.15) is 51.6 Å². The van der Waals surface area contributed by atoms with E-state index in [9.17, 15) is 13.2 Å². The number of carbonyl (C=O) groups is 1. The number of amides is 1. The van der Waals surface area contributed by atoms with Crippen LogP contribution in [0.2, 0.25) is 0 Å². The average molecular weight is 413 g/mol. The number of H-pyrrole nitrogens is 1. The molecule has 0 aliphatic carbocycles. The molecule has 1 aliphatic heterocycles. The Morgan fingerprint density at radius 1 is 1.21 bits per heavy atom. The summed E-state index contributed by atoms with van der Waals surface area (Å²) >= 11 is 0. The van der Waals surface area contributed by atoms with Crippen molar-refractivity contribution in [2.24, 2.45) is 0 Å². The minimum absolute atomic E-state index is 0.174. The van der Waals surface area contributed by atoms with Crippen LogP contribution in [0.5, 0.6) is 0 Å². The Morgan fingerprint density at radius 2 is 1.97 bits per heavy atom. The predicted molar refractivity (Wildman–Crippen MR) is 112 cm³/mol. The highest BCUT2D eigenvalue weighted by molar-refractivity contribution is 7.91. The third-order valence-electron chi connectivity index (χ3n) is 5.73. The molecule has 0 spiro atoms. The molecule has 3 aromatic rings. The molecule has 2 aromatic heterocycles. The molecule has 0 atom stereocenters. The molecule has 0 saturated carbocycles. The monoisotopic (exact) mass is 412 g/mol. The summed E-state index contributed by atoms with van der Waals surface area (Å²) < 4.78 is 23.5. The highest BCUT2D eigenvalue weighted by Crippen LogP contribution is 2.34. The van der Waals surface area contributed by atoms with Crippen molar-refractivity contribution in [2.75, 3.05) is 11.5 Å². The minimum Gasteiger partial charge on any atom is -0.358 e. The first-order valence-corrected chi connectivity index (χ1v) is 11.5. The van der Waals surface area contributed by atoms with Gasteiger partial charge in [0.1, 0.15) is 9.84 Å². The molecule has 1 fully saturated rings. The Balaban J connectivity index is 1.52. The van der Waals surface area contributed by atoms with E-state index in [1.807, 2.05) is 12.1 Å². The summed E-state index contributed by atoms with van der Waals surface area (Å²) in [7, 11) is -2.88. The summed E-state index contributed by atoms with van der Waals surface area (Å²) in [6.07, 6.45) is 2.84. The van der Waals surface area contributed by atoms with Crippen molar-refractivity contribution in [3.8, 4) is 0 Å². The van der Waals surface area contributed by atoms with Crippen LogP contribution in [0.4, 0.5) is 0 Å². The van der Waals surface area contributed by atoms with E-state index in [0.29, 0.717) is 30.6 Å². The first-order chi connectivity index (χ1) is 13.8. The van der Waals surface area contributed by atoms with Crippen molar-refractivity contribution < 1.29 is 13.2 Å². The number of benzene rings is 1. The lowest BCUT2D eigenvalue weighted by Gasteiger charge is -2.21. The Hall–Kier alpha value is -2.74. The fourth-order valence-electron chi connectivity index (χ4n) is 4.01. The van der Waals surface area contributed by atoms with E-state index in [0.717, 1.165) is 27.7 Å². The van der Waals surface area contributed by atoms with Crippen molar-refractivity contribution >= 4 is 26.6 Å². The number of carbonyl (C=O) groups excluding carboxylic acids is 1. The van der Waals surface area contributed by atoms with Gasteiger partial charge in [0.25, 0.3) is 5.91 Å². The second-order valence-corrected chi connectivity index (χ2v) is 9.99. The normalized spacial score (nSPS) is 16.8. The number of aromatic amines is 1. The van der Waals surface area contributed by atoms with Crippen LogP contribution in [0, 0.1) is 13.8 Å². The van der Waals surface area contributed by atoms with Crippen LogP contribution in [0.3, 0.4) is 0 Å². The van der Waals surface area contributed by atoms with Gasteiger partial charge in [0, 0.05) is 29.1 Å². The minimum atomic E-state index is -2.88. The SMILES string of the molecule is Cc1nnccc1C(=O)NCc1ccc2[nH]c(C3CCS(=O)(=O)CC3)c(C)c2c1. The molecule has 0 unspecified atom stereocenters. The highest BCUT2D eigenvalue weighted by Gasteiger charge is 2.27. The molecule has 0 radical (unpaired) electrons. The molecule has 1 aromatic carbocycles. The van der Waals surface area contributed by atoms with E-state index in [-0.39, 0.29) is 23.3 Å². The third-order valence-corrected chi connectivity index (χ3v) is 7.44. The van der Waals surface area contributed by atoms with Gasteiger partial charge in [-0.1, -0.05) is 6.07 Å². The maximum absolute atomic E-state index is 12.4. The first-order valence-electron chi connectivity index (χ1n) is 9.72. The lowest BCUT2D eigenvalue weighted by atomic mass is 9.95. The first kappa shape index (κ1) is 19.6. The summed E-state index contributed by atoms with van der Waals surface area (Å²) in [6, 6.07) is 7.76. The molecule has 1 aliphatic rings. The Kier molecular flexibility index (Phi) is 5.12. The van der Waals surface area contributed by atoms with Gasteiger partial charge in [0.05, 0.1) is 29.0 Å². The Labute approximate surface area is 169 Å². The zero-order valence-corrected chi connectivity index (χ0v) is 17.3. The molecular formula is C21H24N4O3S.